The van der Waals surface area contributed by atoms with Gasteiger partial charge in [-0.3, -0.25) is 24.6 Å². The SMILES string of the molecule is COC(=O)[C@]1(C)N[C@H](c2ccc(O)c(OC)c2)[C@@H]2C(=O)N(C)C(=O)[C@@H]21. The molecule has 2 heterocycles. The molecule has 0 unspecified atom stereocenters. The highest BCUT2D eigenvalue weighted by atomic mass is 16.5. The number of imide groups is 1. The van der Waals surface area contributed by atoms with Crippen LogP contribution < -0.4 is 10.1 Å². The van der Waals surface area contributed by atoms with E-state index in [4.69, 9.17) is 9.47 Å². The number of fused-ring (bicyclic) bond motifs is 1. The molecule has 8 nitrogen and oxygen atoms in total. The van der Waals surface area contributed by atoms with E-state index in [1.165, 1.54) is 27.3 Å². The van der Waals surface area contributed by atoms with Gasteiger partial charge in [0.2, 0.25) is 11.8 Å². The first-order valence-electron chi connectivity index (χ1n) is 7.80. The van der Waals surface area contributed by atoms with Crippen LogP contribution in [-0.4, -0.2) is 54.6 Å². The molecule has 134 valence electrons. The Morgan fingerprint density at radius 1 is 1.28 bits per heavy atom. The van der Waals surface area contributed by atoms with E-state index in [1.54, 1.807) is 19.1 Å². The third-order valence-electron chi connectivity index (χ3n) is 5.18. The molecule has 0 aromatic heterocycles. The Hall–Kier alpha value is -2.61. The number of carbonyl (C=O) groups excluding carboxylic acids is 3. The van der Waals surface area contributed by atoms with Crippen molar-refractivity contribution in [1.29, 1.82) is 0 Å². The summed E-state index contributed by atoms with van der Waals surface area (Å²) in [6.07, 6.45) is 0. The van der Waals surface area contributed by atoms with Gasteiger partial charge in [-0.2, -0.15) is 0 Å². The third-order valence-corrected chi connectivity index (χ3v) is 5.18. The molecule has 0 radical (unpaired) electrons. The van der Waals surface area contributed by atoms with Crippen LogP contribution in [0.15, 0.2) is 18.2 Å². The highest BCUT2D eigenvalue weighted by Crippen LogP contribution is 2.49. The first-order chi connectivity index (χ1) is 11.8. The molecule has 4 atom stereocenters. The van der Waals surface area contributed by atoms with Gasteiger partial charge in [-0.05, 0) is 24.6 Å². The summed E-state index contributed by atoms with van der Waals surface area (Å²) in [5.74, 6) is -2.77. The number of carbonyl (C=O) groups is 3. The average molecular weight is 348 g/mol. The molecule has 1 aromatic rings. The normalized spacial score (nSPS) is 31.2. The molecular weight excluding hydrogens is 328 g/mol. The average Bonchev–Trinajstić information content (AvgIpc) is 3.04. The number of aromatic hydroxyl groups is 1. The summed E-state index contributed by atoms with van der Waals surface area (Å²) in [5.41, 5.74) is -0.694. The number of methoxy groups -OCH3 is 2. The van der Waals surface area contributed by atoms with Gasteiger partial charge in [-0.15, -0.1) is 0 Å². The van der Waals surface area contributed by atoms with E-state index >= 15 is 0 Å². The van der Waals surface area contributed by atoms with Gasteiger partial charge in [0.25, 0.3) is 0 Å². The van der Waals surface area contributed by atoms with Gasteiger partial charge in [-0.25, -0.2) is 0 Å². The lowest BCUT2D eigenvalue weighted by molar-refractivity contribution is -0.152. The number of hydrogen-bond acceptors (Lipinski definition) is 7. The van der Waals surface area contributed by atoms with Crippen LogP contribution in [0.1, 0.15) is 18.5 Å². The molecule has 3 rings (SSSR count). The predicted molar refractivity (Wildman–Crippen MR) is 85.7 cm³/mol. The minimum absolute atomic E-state index is 0.0394. The van der Waals surface area contributed by atoms with E-state index in [1.807, 2.05) is 0 Å². The van der Waals surface area contributed by atoms with Crippen molar-refractivity contribution >= 4 is 17.8 Å². The Balaban J connectivity index is 2.11. The van der Waals surface area contributed by atoms with Gasteiger partial charge >= 0.3 is 5.97 Å². The first-order valence-corrected chi connectivity index (χ1v) is 7.80. The zero-order valence-electron chi connectivity index (χ0n) is 14.4. The topological polar surface area (TPSA) is 105 Å². The van der Waals surface area contributed by atoms with Gasteiger partial charge in [0.05, 0.1) is 26.1 Å². The predicted octanol–water partition coefficient (Wildman–Crippen LogP) is 0.208. The van der Waals surface area contributed by atoms with E-state index in [2.05, 4.69) is 5.32 Å². The minimum atomic E-state index is -1.33. The smallest absolute Gasteiger partial charge is 0.326 e. The van der Waals surface area contributed by atoms with Crippen LogP contribution in [0, 0.1) is 11.8 Å². The Kier molecular flexibility index (Phi) is 3.95. The molecule has 0 saturated carbocycles. The number of hydrogen-bond donors (Lipinski definition) is 2. The first kappa shape index (κ1) is 17.2. The van der Waals surface area contributed by atoms with Gasteiger partial charge in [0, 0.05) is 13.1 Å². The molecule has 2 fully saturated rings. The standard InChI is InChI=1S/C17H20N2O6/c1-17(16(23)25-4)12-11(14(21)19(2)15(12)22)13(18-17)8-5-6-9(20)10(7-8)24-3/h5-7,11-13,18,20H,1-4H3/t11-,12-,13-,17-/m1/s1. The maximum atomic E-state index is 12.6. The Morgan fingerprint density at radius 2 is 1.96 bits per heavy atom. The van der Waals surface area contributed by atoms with Gasteiger partial charge in [-0.1, -0.05) is 6.07 Å². The van der Waals surface area contributed by atoms with E-state index < -0.39 is 35.3 Å². The summed E-state index contributed by atoms with van der Waals surface area (Å²) in [5, 5.41) is 12.9. The maximum Gasteiger partial charge on any atom is 0.326 e. The van der Waals surface area contributed by atoms with E-state index in [0.717, 1.165) is 4.90 Å². The molecular formula is C17H20N2O6. The van der Waals surface area contributed by atoms with Crippen molar-refractivity contribution in [2.45, 2.75) is 18.5 Å². The zero-order chi connectivity index (χ0) is 18.5. The molecule has 1 aromatic carbocycles. The molecule has 2 aliphatic rings. The second-order valence-electron chi connectivity index (χ2n) is 6.49. The Labute approximate surface area is 144 Å². The number of phenolic OH excluding ortho intramolecular Hbond substituents is 1. The molecule has 0 spiro atoms. The number of ether oxygens (including phenoxy) is 2. The Bertz CT molecular complexity index is 764. The van der Waals surface area contributed by atoms with Crippen LogP contribution in [0.2, 0.25) is 0 Å². The van der Waals surface area contributed by atoms with Crippen LogP contribution in [0.4, 0.5) is 0 Å². The lowest BCUT2D eigenvalue weighted by Gasteiger charge is -2.27. The van der Waals surface area contributed by atoms with Crippen molar-refractivity contribution < 1.29 is 29.0 Å². The van der Waals surface area contributed by atoms with Crippen molar-refractivity contribution in [3.8, 4) is 11.5 Å². The van der Waals surface area contributed by atoms with Crippen molar-refractivity contribution in [1.82, 2.24) is 10.2 Å². The molecule has 0 aliphatic carbocycles. The number of esters is 1. The lowest BCUT2D eigenvalue weighted by atomic mass is 9.80. The van der Waals surface area contributed by atoms with Crippen LogP contribution in [-0.2, 0) is 19.1 Å². The van der Waals surface area contributed by atoms with Crippen molar-refractivity contribution in [3.05, 3.63) is 23.8 Å². The second kappa shape index (κ2) is 5.73. The molecule has 8 heteroatoms. The van der Waals surface area contributed by atoms with E-state index in [9.17, 15) is 19.5 Å². The summed E-state index contributed by atoms with van der Waals surface area (Å²) in [7, 11) is 4.07. The monoisotopic (exact) mass is 348 g/mol. The fraction of sp³-hybridized carbons (Fsp3) is 0.471. The third kappa shape index (κ3) is 2.28. The number of rotatable bonds is 3. The fourth-order valence-electron chi connectivity index (χ4n) is 3.86. The summed E-state index contributed by atoms with van der Waals surface area (Å²) in [4.78, 5) is 38.6. The number of benzene rings is 1. The number of nitrogens with zero attached hydrogens (tertiary/aromatic N) is 1. The quantitative estimate of drug-likeness (QED) is 0.594. The van der Waals surface area contributed by atoms with Gasteiger partial charge < -0.3 is 14.6 Å². The Morgan fingerprint density at radius 3 is 2.56 bits per heavy atom. The molecule has 2 aliphatic heterocycles. The summed E-state index contributed by atoms with van der Waals surface area (Å²) < 4.78 is 9.98. The summed E-state index contributed by atoms with van der Waals surface area (Å²) in [6.45, 7) is 1.57. The zero-order valence-corrected chi connectivity index (χ0v) is 14.4. The van der Waals surface area contributed by atoms with Crippen molar-refractivity contribution in [2.24, 2.45) is 11.8 Å². The van der Waals surface area contributed by atoms with Gasteiger partial charge in [0.1, 0.15) is 5.54 Å². The number of amides is 2. The van der Waals surface area contributed by atoms with E-state index in [-0.39, 0.29) is 17.4 Å². The number of nitrogens with one attached hydrogen (secondary N) is 1. The molecule has 0 bridgehead atoms. The van der Waals surface area contributed by atoms with Crippen molar-refractivity contribution in [2.75, 3.05) is 21.3 Å². The largest absolute Gasteiger partial charge is 0.504 e. The maximum absolute atomic E-state index is 12.6. The summed E-state index contributed by atoms with van der Waals surface area (Å²) in [6, 6.07) is 4.07. The highest BCUT2D eigenvalue weighted by Gasteiger charge is 2.66. The number of phenols is 1. The lowest BCUT2D eigenvalue weighted by Crippen LogP contribution is -2.53. The highest BCUT2D eigenvalue weighted by molar-refractivity contribution is 6.09. The van der Waals surface area contributed by atoms with E-state index in [0.29, 0.717) is 5.56 Å². The van der Waals surface area contributed by atoms with Gasteiger partial charge in [0.15, 0.2) is 11.5 Å². The number of likely N-dealkylation sites (tertiary alicyclic amines) is 1. The minimum Gasteiger partial charge on any atom is -0.504 e. The molecule has 2 N–H and O–H groups in total. The van der Waals surface area contributed by atoms with Crippen molar-refractivity contribution in [3.63, 3.8) is 0 Å². The summed E-state index contributed by atoms with van der Waals surface area (Å²) >= 11 is 0. The van der Waals surface area contributed by atoms with Crippen LogP contribution >= 0.6 is 0 Å². The molecule has 25 heavy (non-hydrogen) atoms. The fourth-order valence-corrected chi connectivity index (χ4v) is 3.86. The molecule has 2 saturated heterocycles. The van der Waals surface area contributed by atoms with Crippen LogP contribution in [0.25, 0.3) is 0 Å². The van der Waals surface area contributed by atoms with Crippen LogP contribution in [0.3, 0.4) is 0 Å². The van der Waals surface area contributed by atoms with Crippen LogP contribution in [0.5, 0.6) is 11.5 Å². The second-order valence-corrected chi connectivity index (χ2v) is 6.49. The molecule has 2 amide bonds.